The van der Waals surface area contributed by atoms with Gasteiger partial charge in [0.2, 0.25) is 5.91 Å². The number of hydrogen-bond donors (Lipinski definition) is 2. The van der Waals surface area contributed by atoms with Crippen molar-refractivity contribution in [1.82, 2.24) is 0 Å². The fourth-order valence-corrected chi connectivity index (χ4v) is 2.76. The quantitative estimate of drug-likeness (QED) is 0.643. The van der Waals surface area contributed by atoms with E-state index in [0.29, 0.717) is 17.0 Å². The molecule has 1 aromatic rings. The lowest BCUT2D eigenvalue weighted by atomic mass is 10.1. The molecule has 0 aliphatic heterocycles. The van der Waals surface area contributed by atoms with E-state index in [4.69, 9.17) is 18.0 Å². The summed E-state index contributed by atoms with van der Waals surface area (Å²) in [5.74, 6) is -1.32. The van der Waals surface area contributed by atoms with Crippen LogP contribution >= 0.6 is 23.6 Å². The van der Waals surface area contributed by atoms with Crippen LogP contribution in [0.3, 0.4) is 0 Å². The number of hydrogen-bond acceptors (Lipinski definition) is 5. The molecule has 0 bridgehead atoms. The Morgan fingerprint density at radius 2 is 2.21 bits per heavy atom. The molecule has 5 nitrogen and oxygen atoms in total. The highest BCUT2D eigenvalue weighted by molar-refractivity contribution is 7.80. The van der Waals surface area contributed by atoms with E-state index in [1.807, 2.05) is 6.92 Å². The van der Waals surface area contributed by atoms with E-state index in [1.165, 1.54) is 18.4 Å². The van der Waals surface area contributed by atoms with Gasteiger partial charge in [0, 0.05) is 0 Å². The topological polar surface area (TPSA) is 81.4 Å². The van der Waals surface area contributed by atoms with Gasteiger partial charge in [-0.15, -0.1) is 11.3 Å². The highest BCUT2D eigenvalue weighted by Crippen LogP contribution is 2.28. The third-order valence-electron chi connectivity index (χ3n) is 2.66. The van der Waals surface area contributed by atoms with E-state index in [-0.39, 0.29) is 10.9 Å². The Balaban J connectivity index is 2.99. The molecule has 0 spiro atoms. The SMILES string of the molecule is CCC(C(=O)Nc1c(C)csc1C(=O)OC)C(N)=S. The summed E-state index contributed by atoms with van der Waals surface area (Å²) in [4.78, 5) is 24.2. The van der Waals surface area contributed by atoms with Crippen LogP contribution in [0.2, 0.25) is 0 Å². The normalized spacial score (nSPS) is 11.7. The van der Waals surface area contributed by atoms with Crippen LogP contribution in [0.5, 0.6) is 0 Å². The number of nitrogens with two attached hydrogens (primary N) is 1. The maximum absolute atomic E-state index is 12.1. The van der Waals surface area contributed by atoms with Crippen LogP contribution in [-0.4, -0.2) is 24.0 Å². The van der Waals surface area contributed by atoms with Gasteiger partial charge in [0.25, 0.3) is 0 Å². The summed E-state index contributed by atoms with van der Waals surface area (Å²) < 4.78 is 4.68. The summed E-state index contributed by atoms with van der Waals surface area (Å²) >= 11 is 6.08. The van der Waals surface area contributed by atoms with Gasteiger partial charge in [0.1, 0.15) is 4.88 Å². The predicted octanol–water partition coefficient (Wildman–Crippen LogP) is 2.09. The molecule has 0 fully saturated rings. The highest BCUT2D eigenvalue weighted by atomic mass is 32.1. The fraction of sp³-hybridized carbons (Fsp3) is 0.417. The molecule has 0 radical (unpaired) electrons. The largest absolute Gasteiger partial charge is 0.465 e. The summed E-state index contributed by atoms with van der Waals surface area (Å²) in [5.41, 5.74) is 6.79. The molecule has 1 amide bonds. The Morgan fingerprint density at radius 3 is 2.68 bits per heavy atom. The highest BCUT2D eigenvalue weighted by Gasteiger charge is 2.23. The van der Waals surface area contributed by atoms with Gasteiger partial charge < -0.3 is 15.8 Å². The van der Waals surface area contributed by atoms with Crippen LogP contribution in [-0.2, 0) is 9.53 Å². The minimum absolute atomic E-state index is 0.146. The first-order chi connectivity index (χ1) is 8.92. The van der Waals surface area contributed by atoms with Gasteiger partial charge in [-0.05, 0) is 24.3 Å². The molecule has 1 atom stereocenters. The molecule has 1 unspecified atom stereocenters. The first-order valence-electron chi connectivity index (χ1n) is 5.68. The number of anilines is 1. The Hall–Kier alpha value is -1.47. The van der Waals surface area contributed by atoms with Gasteiger partial charge in [0.05, 0.1) is 23.7 Å². The molecule has 1 aromatic heterocycles. The first kappa shape index (κ1) is 15.6. The van der Waals surface area contributed by atoms with Crippen LogP contribution in [0.1, 0.15) is 28.6 Å². The average molecular weight is 300 g/mol. The van der Waals surface area contributed by atoms with Gasteiger partial charge in [-0.1, -0.05) is 19.1 Å². The van der Waals surface area contributed by atoms with Crippen molar-refractivity contribution in [2.45, 2.75) is 20.3 Å². The summed E-state index contributed by atoms with van der Waals surface area (Å²) in [5, 5.41) is 4.49. The van der Waals surface area contributed by atoms with E-state index in [9.17, 15) is 9.59 Å². The van der Waals surface area contributed by atoms with Gasteiger partial charge in [-0.25, -0.2) is 4.79 Å². The lowest BCUT2D eigenvalue weighted by molar-refractivity contribution is -0.118. The number of thiocarbonyl (C=S) groups is 1. The molecule has 3 N–H and O–H groups in total. The minimum Gasteiger partial charge on any atom is -0.465 e. The van der Waals surface area contributed by atoms with Gasteiger partial charge in [-0.2, -0.15) is 0 Å². The van der Waals surface area contributed by atoms with Crippen molar-refractivity contribution < 1.29 is 14.3 Å². The molecule has 0 aliphatic carbocycles. The third-order valence-corrected chi connectivity index (χ3v) is 4.02. The lowest BCUT2D eigenvalue weighted by Gasteiger charge is -2.14. The van der Waals surface area contributed by atoms with Gasteiger partial charge in [-0.3, -0.25) is 4.79 Å². The summed E-state index contributed by atoms with van der Waals surface area (Å²) in [6, 6.07) is 0. The van der Waals surface area contributed by atoms with Crippen LogP contribution < -0.4 is 11.1 Å². The average Bonchev–Trinajstić information content (AvgIpc) is 2.70. The Labute approximate surface area is 121 Å². The van der Waals surface area contributed by atoms with E-state index >= 15 is 0 Å². The fourth-order valence-electron chi connectivity index (χ4n) is 1.57. The van der Waals surface area contributed by atoms with E-state index in [2.05, 4.69) is 10.1 Å². The van der Waals surface area contributed by atoms with Gasteiger partial charge in [0.15, 0.2) is 0 Å². The molecule has 0 aliphatic rings. The number of thiophene rings is 1. The van der Waals surface area contributed by atoms with Gasteiger partial charge >= 0.3 is 5.97 Å². The molecular formula is C12H16N2O3S2. The number of methoxy groups -OCH3 is 1. The van der Waals surface area contributed by atoms with E-state index in [1.54, 1.807) is 12.3 Å². The first-order valence-corrected chi connectivity index (χ1v) is 6.97. The molecule has 0 saturated carbocycles. The van der Waals surface area contributed by atoms with E-state index < -0.39 is 11.9 Å². The zero-order chi connectivity index (χ0) is 14.6. The summed E-state index contributed by atoms with van der Waals surface area (Å²) in [7, 11) is 1.30. The van der Waals surface area contributed by atoms with Crippen molar-refractivity contribution in [3.63, 3.8) is 0 Å². The minimum atomic E-state index is -0.542. The van der Waals surface area contributed by atoms with Crippen molar-refractivity contribution in [2.24, 2.45) is 11.7 Å². The van der Waals surface area contributed by atoms with Crippen molar-refractivity contribution in [1.29, 1.82) is 0 Å². The number of carbonyl (C=O) groups excluding carboxylic acids is 2. The number of esters is 1. The van der Waals surface area contributed by atoms with Crippen LogP contribution in [0.4, 0.5) is 5.69 Å². The number of rotatable bonds is 5. The molecule has 1 heterocycles. The monoisotopic (exact) mass is 300 g/mol. The van der Waals surface area contributed by atoms with Crippen molar-refractivity contribution >= 4 is 46.1 Å². The second-order valence-corrected chi connectivity index (χ2v) is 5.32. The van der Waals surface area contributed by atoms with E-state index in [0.717, 1.165) is 5.56 Å². The number of amides is 1. The molecular weight excluding hydrogens is 284 g/mol. The predicted molar refractivity (Wildman–Crippen MR) is 79.6 cm³/mol. The standard InChI is InChI=1S/C12H16N2O3S2/c1-4-7(10(13)18)11(15)14-8-6(2)5-19-9(8)12(16)17-3/h5,7H,4H2,1-3H3,(H2,13,18)(H,14,15). The van der Waals surface area contributed by atoms with Crippen molar-refractivity contribution in [2.75, 3.05) is 12.4 Å². The molecule has 0 aromatic carbocycles. The third kappa shape index (κ3) is 3.51. The van der Waals surface area contributed by atoms with Crippen LogP contribution in [0, 0.1) is 12.8 Å². The zero-order valence-electron chi connectivity index (χ0n) is 11.0. The number of carbonyl (C=O) groups is 2. The maximum atomic E-state index is 12.1. The van der Waals surface area contributed by atoms with Crippen molar-refractivity contribution in [3.8, 4) is 0 Å². The summed E-state index contributed by atoms with van der Waals surface area (Å²) in [6.07, 6.45) is 0.512. The molecule has 0 saturated heterocycles. The Bertz CT molecular complexity index is 511. The molecule has 7 heteroatoms. The number of nitrogens with one attached hydrogen (secondary N) is 1. The Kier molecular flexibility index (Phi) is 5.44. The smallest absolute Gasteiger partial charge is 0.350 e. The molecule has 1 rings (SSSR count). The van der Waals surface area contributed by atoms with Crippen LogP contribution in [0.15, 0.2) is 5.38 Å². The van der Waals surface area contributed by atoms with Crippen LogP contribution in [0.25, 0.3) is 0 Å². The second kappa shape index (κ2) is 6.63. The summed E-state index contributed by atoms with van der Waals surface area (Å²) in [6.45, 7) is 3.63. The van der Waals surface area contributed by atoms with Crippen molar-refractivity contribution in [3.05, 3.63) is 15.8 Å². The molecule has 19 heavy (non-hydrogen) atoms. The Morgan fingerprint density at radius 1 is 1.58 bits per heavy atom. The molecule has 104 valence electrons. The second-order valence-electron chi connectivity index (χ2n) is 3.97. The number of aryl methyl sites for hydroxylation is 1. The lowest BCUT2D eigenvalue weighted by Crippen LogP contribution is -2.33. The number of ether oxygens (including phenoxy) is 1. The maximum Gasteiger partial charge on any atom is 0.350 e. The zero-order valence-corrected chi connectivity index (χ0v) is 12.6.